The monoisotopic (exact) mass is 271 g/mol. The predicted octanol–water partition coefficient (Wildman–Crippen LogP) is 0.829. The molecule has 2 rings (SSSR count). The molecule has 0 aromatic carbocycles. The molecule has 0 unspecified atom stereocenters. The Bertz CT molecular complexity index is 468. The molecule has 2 aromatic heterocycles. The number of hydrogen-bond acceptors (Lipinski definition) is 4. The van der Waals surface area contributed by atoms with Crippen molar-refractivity contribution in [2.75, 3.05) is 0 Å². The minimum Gasteiger partial charge on any atom is -0.268 e. The fourth-order valence-electron chi connectivity index (χ4n) is 0.821. The average molecular weight is 271 g/mol. The normalized spacial score (nSPS) is 10.0. The number of aromatic nitrogens is 4. The number of nitriles is 1. The zero-order valence-electron chi connectivity index (χ0n) is 5.74. The Morgan fingerprint density at radius 1 is 1.58 bits per heavy atom. The van der Waals surface area contributed by atoms with Crippen LogP contribution in [0.15, 0.2) is 6.20 Å². The van der Waals surface area contributed by atoms with Crippen LogP contribution >= 0.6 is 22.6 Å². The molecule has 0 radical (unpaired) electrons. The highest BCUT2D eigenvalue weighted by Crippen LogP contribution is 2.12. The van der Waals surface area contributed by atoms with E-state index in [4.69, 9.17) is 5.26 Å². The SMILES string of the molecule is N#Cc1cnc2n[nH]c(I)c2n1. The van der Waals surface area contributed by atoms with Crippen molar-refractivity contribution < 1.29 is 0 Å². The molecule has 0 saturated heterocycles. The first kappa shape index (κ1) is 7.42. The minimum absolute atomic E-state index is 0.307. The van der Waals surface area contributed by atoms with Gasteiger partial charge in [0, 0.05) is 0 Å². The Balaban J connectivity index is 2.82. The summed E-state index contributed by atoms with van der Waals surface area (Å²) in [5.74, 6) is 0. The number of hydrogen-bond donors (Lipinski definition) is 1. The van der Waals surface area contributed by atoms with Gasteiger partial charge in [0.1, 0.15) is 15.3 Å². The molecule has 0 atom stereocenters. The lowest BCUT2D eigenvalue weighted by Gasteiger charge is -1.86. The van der Waals surface area contributed by atoms with Crippen LogP contribution in [0.3, 0.4) is 0 Å². The van der Waals surface area contributed by atoms with Crippen molar-refractivity contribution in [2.45, 2.75) is 0 Å². The van der Waals surface area contributed by atoms with Gasteiger partial charge in [-0.2, -0.15) is 10.4 Å². The van der Waals surface area contributed by atoms with Gasteiger partial charge in [0.2, 0.25) is 5.65 Å². The van der Waals surface area contributed by atoms with Crippen molar-refractivity contribution in [1.82, 2.24) is 20.2 Å². The molecule has 0 saturated carbocycles. The van der Waals surface area contributed by atoms with E-state index < -0.39 is 0 Å². The zero-order valence-corrected chi connectivity index (χ0v) is 7.90. The third-order valence-electron chi connectivity index (χ3n) is 1.34. The molecule has 0 spiro atoms. The molecule has 12 heavy (non-hydrogen) atoms. The third kappa shape index (κ3) is 1.02. The van der Waals surface area contributed by atoms with Crippen molar-refractivity contribution in [2.24, 2.45) is 0 Å². The summed E-state index contributed by atoms with van der Waals surface area (Å²) in [5.41, 5.74) is 1.50. The number of H-pyrrole nitrogens is 1. The fraction of sp³-hybridized carbons (Fsp3) is 0. The summed E-state index contributed by atoms with van der Waals surface area (Å²) >= 11 is 2.06. The summed E-state index contributed by atoms with van der Waals surface area (Å²) in [5, 5.41) is 15.1. The smallest absolute Gasteiger partial charge is 0.200 e. The summed E-state index contributed by atoms with van der Waals surface area (Å²) in [7, 11) is 0. The number of rotatable bonds is 0. The number of halogens is 1. The summed E-state index contributed by atoms with van der Waals surface area (Å²) < 4.78 is 0.798. The molecule has 0 aliphatic carbocycles. The maximum atomic E-state index is 8.54. The second-order valence-corrected chi connectivity index (χ2v) is 3.16. The fourth-order valence-corrected chi connectivity index (χ4v) is 1.30. The number of aromatic amines is 1. The van der Waals surface area contributed by atoms with Gasteiger partial charge in [-0.25, -0.2) is 9.97 Å². The van der Waals surface area contributed by atoms with Gasteiger partial charge in [0.05, 0.1) is 6.20 Å². The number of fused-ring (bicyclic) bond motifs is 1. The number of nitrogens with zero attached hydrogens (tertiary/aromatic N) is 4. The molecule has 58 valence electrons. The van der Waals surface area contributed by atoms with E-state index >= 15 is 0 Å². The molecule has 0 aliphatic rings. The van der Waals surface area contributed by atoms with Crippen molar-refractivity contribution in [3.8, 4) is 6.07 Å². The molecule has 1 N–H and O–H groups in total. The minimum atomic E-state index is 0.307. The quantitative estimate of drug-likeness (QED) is 0.720. The lowest BCUT2D eigenvalue weighted by Crippen LogP contribution is -1.86. The molecule has 0 bridgehead atoms. The van der Waals surface area contributed by atoms with E-state index in [1.54, 1.807) is 0 Å². The topological polar surface area (TPSA) is 78.2 Å². The van der Waals surface area contributed by atoms with Crippen LogP contribution in [0.1, 0.15) is 5.69 Å². The first-order valence-electron chi connectivity index (χ1n) is 3.08. The molecule has 2 aromatic rings. The molecule has 5 nitrogen and oxygen atoms in total. The molecule has 0 fully saturated rings. The lowest BCUT2D eigenvalue weighted by molar-refractivity contribution is 1.08. The van der Waals surface area contributed by atoms with Crippen LogP contribution < -0.4 is 0 Å². The van der Waals surface area contributed by atoms with Gasteiger partial charge in [-0.05, 0) is 22.6 Å². The third-order valence-corrected chi connectivity index (χ3v) is 2.09. The van der Waals surface area contributed by atoms with Crippen molar-refractivity contribution in [3.63, 3.8) is 0 Å². The van der Waals surface area contributed by atoms with Crippen molar-refractivity contribution in [1.29, 1.82) is 5.26 Å². The van der Waals surface area contributed by atoms with E-state index in [2.05, 4.69) is 42.8 Å². The Morgan fingerprint density at radius 3 is 3.17 bits per heavy atom. The van der Waals surface area contributed by atoms with Gasteiger partial charge in [0.25, 0.3) is 0 Å². The van der Waals surface area contributed by atoms with Crippen molar-refractivity contribution in [3.05, 3.63) is 15.6 Å². The van der Waals surface area contributed by atoms with E-state index in [1.165, 1.54) is 6.20 Å². The van der Waals surface area contributed by atoms with Gasteiger partial charge >= 0.3 is 0 Å². The standard InChI is InChI=1S/C6H2IN5/c7-5-4-6(12-11-5)9-2-3(1-8)10-4/h2H,(H,9,11,12). The van der Waals surface area contributed by atoms with E-state index in [0.717, 1.165) is 3.70 Å². The van der Waals surface area contributed by atoms with E-state index in [9.17, 15) is 0 Å². The Morgan fingerprint density at radius 2 is 2.42 bits per heavy atom. The second-order valence-electron chi connectivity index (χ2n) is 2.08. The zero-order chi connectivity index (χ0) is 8.55. The second kappa shape index (κ2) is 2.67. The van der Waals surface area contributed by atoms with Crippen LogP contribution in [0.25, 0.3) is 11.2 Å². The van der Waals surface area contributed by atoms with E-state index in [0.29, 0.717) is 16.9 Å². The Kier molecular flexibility index (Phi) is 1.65. The summed E-state index contributed by atoms with van der Waals surface area (Å²) in [6.45, 7) is 0. The molecular formula is C6H2IN5. The summed E-state index contributed by atoms with van der Waals surface area (Å²) in [6, 6.07) is 1.92. The lowest BCUT2D eigenvalue weighted by atomic mass is 10.4. The van der Waals surface area contributed by atoms with E-state index in [1.807, 2.05) is 6.07 Å². The summed E-state index contributed by atoms with van der Waals surface area (Å²) in [6.07, 6.45) is 1.40. The van der Waals surface area contributed by atoms with Crippen LogP contribution in [0.2, 0.25) is 0 Å². The van der Waals surface area contributed by atoms with Gasteiger partial charge in [-0.3, -0.25) is 5.10 Å². The Labute approximate surface area is 81.0 Å². The highest BCUT2D eigenvalue weighted by Gasteiger charge is 2.05. The van der Waals surface area contributed by atoms with Gasteiger partial charge in [-0.15, -0.1) is 0 Å². The van der Waals surface area contributed by atoms with Crippen molar-refractivity contribution >= 4 is 33.8 Å². The first-order chi connectivity index (χ1) is 5.81. The molecule has 0 amide bonds. The maximum Gasteiger partial charge on any atom is 0.200 e. The van der Waals surface area contributed by atoms with E-state index in [-0.39, 0.29) is 0 Å². The van der Waals surface area contributed by atoms with Crippen LogP contribution in [-0.4, -0.2) is 20.2 Å². The molecular weight excluding hydrogens is 269 g/mol. The predicted molar refractivity (Wildman–Crippen MR) is 49.1 cm³/mol. The van der Waals surface area contributed by atoms with Crippen LogP contribution in [0.5, 0.6) is 0 Å². The summed E-state index contributed by atoms with van der Waals surface area (Å²) in [4.78, 5) is 7.97. The van der Waals surface area contributed by atoms with Gasteiger partial charge in [-0.1, -0.05) is 0 Å². The largest absolute Gasteiger partial charge is 0.268 e. The average Bonchev–Trinajstić information content (AvgIpc) is 2.47. The molecule has 0 aliphatic heterocycles. The highest BCUT2D eigenvalue weighted by molar-refractivity contribution is 14.1. The Hall–Kier alpha value is -1.23. The van der Waals surface area contributed by atoms with Crippen LogP contribution in [0, 0.1) is 15.0 Å². The highest BCUT2D eigenvalue weighted by atomic mass is 127. The number of nitrogens with one attached hydrogen (secondary N) is 1. The van der Waals surface area contributed by atoms with Gasteiger partial charge in [0.15, 0.2) is 5.69 Å². The molecule has 2 heterocycles. The molecule has 6 heteroatoms. The maximum absolute atomic E-state index is 8.54. The van der Waals surface area contributed by atoms with Crippen LogP contribution in [-0.2, 0) is 0 Å². The van der Waals surface area contributed by atoms with Crippen LogP contribution in [0.4, 0.5) is 0 Å². The van der Waals surface area contributed by atoms with Gasteiger partial charge < -0.3 is 0 Å². The first-order valence-corrected chi connectivity index (χ1v) is 4.16.